The smallest absolute Gasteiger partial charge is 0.226 e. The predicted molar refractivity (Wildman–Crippen MR) is 107 cm³/mol. The van der Waals surface area contributed by atoms with Crippen LogP contribution in [-0.4, -0.2) is 35.4 Å². The minimum atomic E-state index is 0.0549. The van der Waals surface area contributed by atoms with Crippen molar-refractivity contribution in [2.45, 2.75) is 46.1 Å². The average Bonchev–Trinajstić information content (AvgIpc) is 3.02. The Morgan fingerprint density at radius 2 is 2.04 bits per heavy atom. The molecule has 1 aliphatic rings. The number of amides is 1. The molecule has 0 radical (unpaired) electrons. The SMILES string of the molecule is Cc1nc(CC(=O)NC[C@@H](c2ccccc2C)N2CCC(C)CC2)cs1. The minimum Gasteiger partial charge on any atom is -0.354 e. The standard InChI is InChI=1S/C21H29N3OS/c1-15-8-10-24(11-9-15)20(19-7-5-4-6-16(19)2)13-22-21(25)12-18-14-26-17(3)23-18/h4-7,14-15,20H,8-13H2,1-3H3,(H,22,25)/t20-/m0/s1. The van der Waals surface area contributed by atoms with Crippen molar-refractivity contribution in [3.8, 4) is 0 Å². The van der Waals surface area contributed by atoms with Gasteiger partial charge in [0.2, 0.25) is 5.91 Å². The molecule has 1 aliphatic heterocycles. The second-order valence-corrected chi connectivity index (χ2v) is 8.49. The molecule has 1 fully saturated rings. The first-order valence-electron chi connectivity index (χ1n) is 9.50. The van der Waals surface area contributed by atoms with Crippen molar-refractivity contribution in [1.29, 1.82) is 0 Å². The zero-order valence-electron chi connectivity index (χ0n) is 16.0. The summed E-state index contributed by atoms with van der Waals surface area (Å²) in [7, 11) is 0. The monoisotopic (exact) mass is 371 g/mol. The Bertz CT molecular complexity index is 734. The first-order chi connectivity index (χ1) is 12.5. The van der Waals surface area contributed by atoms with Crippen molar-refractivity contribution in [1.82, 2.24) is 15.2 Å². The molecule has 140 valence electrons. The molecule has 2 heterocycles. The van der Waals surface area contributed by atoms with Gasteiger partial charge in [-0.2, -0.15) is 0 Å². The molecule has 0 bridgehead atoms. The number of carbonyl (C=O) groups excluding carboxylic acids is 1. The van der Waals surface area contributed by atoms with E-state index in [1.165, 1.54) is 24.0 Å². The first kappa shape index (κ1) is 19.1. The number of thiazole rings is 1. The van der Waals surface area contributed by atoms with Gasteiger partial charge >= 0.3 is 0 Å². The van der Waals surface area contributed by atoms with E-state index in [4.69, 9.17) is 0 Å². The lowest BCUT2D eigenvalue weighted by Crippen LogP contribution is -2.42. The Morgan fingerprint density at radius 3 is 2.69 bits per heavy atom. The van der Waals surface area contributed by atoms with Crippen molar-refractivity contribution in [2.24, 2.45) is 5.92 Å². The van der Waals surface area contributed by atoms with Gasteiger partial charge in [0.05, 0.1) is 23.2 Å². The van der Waals surface area contributed by atoms with E-state index in [-0.39, 0.29) is 11.9 Å². The summed E-state index contributed by atoms with van der Waals surface area (Å²) in [6.07, 6.45) is 2.82. The van der Waals surface area contributed by atoms with Crippen molar-refractivity contribution in [3.05, 3.63) is 51.5 Å². The third-order valence-electron chi connectivity index (χ3n) is 5.31. The van der Waals surface area contributed by atoms with Crippen LogP contribution in [0.5, 0.6) is 0 Å². The molecule has 26 heavy (non-hydrogen) atoms. The van der Waals surface area contributed by atoms with Crippen LogP contribution in [0, 0.1) is 19.8 Å². The molecule has 4 nitrogen and oxygen atoms in total. The van der Waals surface area contributed by atoms with Crippen molar-refractivity contribution in [2.75, 3.05) is 19.6 Å². The lowest BCUT2D eigenvalue weighted by molar-refractivity contribution is -0.120. The molecular formula is C21H29N3OS. The number of rotatable bonds is 6. The highest BCUT2D eigenvalue weighted by Gasteiger charge is 2.26. The maximum atomic E-state index is 12.4. The van der Waals surface area contributed by atoms with Gasteiger partial charge in [-0.05, 0) is 56.8 Å². The minimum absolute atomic E-state index is 0.0549. The van der Waals surface area contributed by atoms with Crippen molar-refractivity contribution >= 4 is 17.2 Å². The van der Waals surface area contributed by atoms with Gasteiger partial charge in [0.1, 0.15) is 0 Å². The first-order valence-corrected chi connectivity index (χ1v) is 10.4. The van der Waals surface area contributed by atoms with E-state index in [9.17, 15) is 4.79 Å². The summed E-state index contributed by atoms with van der Waals surface area (Å²) in [5.41, 5.74) is 3.48. The zero-order valence-corrected chi connectivity index (χ0v) is 16.8. The Balaban J connectivity index is 1.67. The van der Waals surface area contributed by atoms with E-state index in [1.807, 2.05) is 12.3 Å². The summed E-state index contributed by atoms with van der Waals surface area (Å²) in [5.74, 6) is 0.852. The molecule has 1 atom stereocenters. The summed E-state index contributed by atoms with van der Waals surface area (Å²) in [4.78, 5) is 19.3. The second-order valence-electron chi connectivity index (χ2n) is 7.43. The third kappa shape index (κ3) is 4.92. The summed E-state index contributed by atoms with van der Waals surface area (Å²) in [5, 5.41) is 6.14. The van der Waals surface area contributed by atoms with Crippen LogP contribution in [0.3, 0.4) is 0 Å². The maximum Gasteiger partial charge on any atom is 0.226 e. The lowest BCUT2D eigenvalue weighted by Gasteiger charge is -2.37. The molecule has 0 spiro atoms. The number of likely N-dealkylation sites (tertiary alicyclic amines) is 1. The number of carbonyl (C=O) groups is 1. The fourth-order valence-electron chi connectivity index (χ4n) is 3.66. The van der Waals surface area contributed by atoms with E-state index in [0.717, 1.165) is 29.7 Å². The van der Waals surface area contributed by atoms with Crippen molar-refractivity contribution < 1.29 is 4.79 Å². The molecule has 1 aromatic carbocycles. The number of aromatic nitrogens is 1. The number of aryl methyl sites for hydroxylation is 2. The van der Waals surface area contributed by atoms with E-state index in [2.05, 4.69) is 53.3 Å². The van der Waals surface area contributed by atoms with Crippen LogP contribution in [0.2, 0.25) is 0 Å². The Hall–Kier alpha value is -1.72. The number of nitrogens with one attached hydrogen (secondary N) is 1. The topological polar surface area (TPSA) is 45.2 Å². The highest BCUT2D eigenvalue weighted by atomic mass is 32.1. The molecule has 1 N–H and O–H groups in total. The van der Waals surface area contributed by atoms with Crippen LogP contribution < -0.4 is 5.32 Å². The Kier molecular flexibility index (Phi) is 6.43. The van der Waals surface area contributed by atoms with Gasteiger partial charge < -0.3 is 5.32 Å². The van der Waals surface area contributed by atoms with E-state index in [0.29, 0.717) is 13.0 Å². The van der Waals surface area contributed by atoms with Gasteiger partial charge in [-0.3, -0.25) is 9.69 Å². The molecule has 0 unspecified atom stereocenters. The number of benzene rings is 1. The van der Waals surface area contributed by atoms with Gasteiger partial charge in [0.25, 0.3) is 0 Å². The number of hydrogen-bond acceptors (Lipinski definition) is 4. The number of nitrogens with zero attached hydrogens (tertiary/aromatic N) is 2. The quantitative estimate of drug-likeness (QED) is 0.838. The fraction of sp³-hybridized carbons (Fsp3) is 0.524. The normalized spacial score (nSPS) is 17.2. The summed E-state index contributed by atoms with van der Waals surface area (Å²) in [6, 6.07) is 8.78. The van der Waals surface area contributed by atoms with Crippen LogP contribution in [-0.2, 0) is 11.2 Å². The van der Waals surface area contributed by atoms with E-state index < -0.39 is 0 Å². The van der Waals surface area contributed by atoms with Gasteiger partial charge in [-0.1, -0.05) is 31.2 Å². The van der Waals surface area contributed by atoms with Gasteiger partial charge in [0, 0.05) is 11.9 Å². The molecular weight excluding hydrogens is 342 g/mol. The van der Waals surface area contributed by atoms with Crippen LogP contribution in [0.1, 0.15) is 47.6 Å². The lowest BCUT2D eigenvalue weighted by atomic mass is 9.94. The Labute approximate surface area is 160 Å². The van der Waals surface area contributed by atoms with Crippen LogP contribution in [0.25, 0.3) is 0 Å². The van der Waals surface area contributed by atoms with Gasteiger partial charge in [-0.15, -0.1) is 11.3 Å². The van der Waals surface area contributed by atoms with Crippen LogP contribution in [0.4, 0.5) is 0 Å². The molecule has 1 amide bonds. The van der Waals surface area contributed by atoms with Crippen LogP contribution in [0.15, 0.2) is 29.6 Å². The molecule has 3 rings (SSSR count). The second kappa shape index (κ2) is 8.78. The third-order valence-corrected chi connectivity index (χ3v) is 6.13. The largest absolute Gasteiger partial charge is 0.354 e. The summed E-state index contributed by atoms with van der Waals surface area (Å²) in [6.45, 7) is 9.31. The van der Waals surface area contributed by atoms with Crippen molar-refractivity contribution in [3.63, 3.8) is 0 Å². The zero-order chi connectivity index (χ0) is 18.5. The molecule has 1 aromatic heterocycles. The van der Waals surface area contributed by atoms with Gasteiger partial charge in [-0.25, -0.2) is 4.98 Å². The van der Waals surface area contributed by atoms with Crippen LogP contribution >= 0.6 is 11.3 Å². The summed E-state index contributed by atoms with van der Waals surface area (Å²) < 4.78 is 0. The highest BCUT2D eigenvalue weighted by molar-refractivity contribution is 7.09. The molecule has 0 saturated carbocycles. The summed E-state index contributed by atoms with van der Waals surface area (Å²) >= 11 is 1.59. The highest BCUT2D eigenvalue weighted by Crippen LogP contribution is 2.28. The Morgan fingerprint density at radius 1 is 1.31 bits per heavy atom. The number of hydrogen-bond donors (Lipinski definition) is 1. The van der Waals surface area contributed by atoms with E-state index >= 15 is 0 Å². The van der Waals surface area contributed by atoms with Gasteiger partial charge in [0.15, 0.2) is 0 Å². The molecule has 2 aromatic rings. The molecule has 0 aliphatic carbocycles. The fourth-order valence-corrected chi connectivity index (χ4v) is 4.28. The predicted octanol–water partition coefficient (Wildman–Crippen LogP) is 3.89. The maximum absolute atomic E-state index is 12.4. The molecule has 5 heteroatoms. The van der Waals surface area contributed by atoms with E-state index in [1.54, 1.807) is 11.3 Å². The molecule has 1 saturated heterocycles. The number of piperidine rings is 1. The average molecular weight is 372 g/mol.